The number of halogens is 1. The fourth-order valence-electron chi connectivity index (χ4n) is 4.51. The smallest absolute Gasteiger partial charge is 0.392 e. The molecule has 180 valence electrons. The Labute approximate surface area is 217 Å². The predicted octanol–water partition coefficient (Wildman–Crippen LogP) is 2.13. The Kier molecular flexibility index (Phi) is 11.4. The zero-order valence-corrected chi connectivity index (χ0v) is 22.1. The van der Waals surface area contributed by atoms with Gasteiger partial charge in [0.15, 0.2) is 0 Å². The maximum Gasteiger partial charge on any atom is 1.00 e. The minimum absolute atomic E-state index is 0. The number of aryl methyl sites for hydroxylation is 1. The van der Waals surface area contributed by atoms with E-state index in [4.69, 9.17) is 21.5 Å². The molecule has 1 aromatic rings. The van der Waals surface area contributed by atoms with Crippen LogP contribution in [0.25, 0.3) is 0 Å². The summed E-state index contributed by atoms with van der Waals surface area (Å²) in [4.78, 5) is 17.5. The molecule has 1 amide bonds. The summed E-state index contributed by atoms with van der Waals surface area (Å²) >= 11 is 5.85. The maximum absolute atomic E-state index is 13.1. The number of piperidine rings is 2. The Morgan fingerprint density at radius 3 is 2.27 bits per heavy atom. The summed E-state index contributed by atoms with van der Waals surface area (Å²) in [7, 11) is 0. The fourth-order valence-corrected chi connectivity index (χ4v) is 4.68. The van der Waals surface area contributed by atoms with Crippen LogP contribution in [0, 0.1) is 29.2 Å². The van der Waals surface area contributed by atoms with Crippen molar-refractivity contribution in [1.29, 1.82) is 5.41 Å². The van der Waals surface area contributed by atoms with E-state index in [1.54, 1.807) is 6.07 Å². The van der Waals surface area contributed by atoms with E-state index in [9.17, 15) is 4.79 Å². The number of carbonyl (C=O) groups is 1. The Bertz CT molecular complexity index is 813. The molecule has 3 rings (SSSR count). The largest absolute Gasteiger partial charge is 1.00 e. The van der Waals surface area contributed by atoms with Crippen LogP contribution < -0.4 is 18.9 Å². The minimum Gasteiger partial charge on any atom is -0.392 e. The topological polar surface area (TPSA) is 73.4 Å². The Balaban J connectivity index is 0.00000272. The molecule has 2 aliphatic heterocycles. The molecule has 0 unspecified atom stereocenters. The van der Waals surface area contributed by atoms with Crippen LogP contribution in [0.5, 0.6) is 0 Å². The molecule has 0 atom stereocenters. The molecule has 1 N–H and O–H groups in total. The molecule has 1 aromatic heterocycles. The molecule has 0 saturated carbocycles. The summed E-state index contributed by atoms with van der Waals surface area (Å²) < 4.78 is 5.17. The standard InChI is InChI=1S/C24H36ClN4O2.CH3.Li/c1-5-18-16-20(27-31-18)21(26)19(17-25)22(30)29-14-9-24(10-15-29)7-12-28(13-8-24)11-6-23(2,3)4;;/h16,26H,5-15H2,1-4H3;1H3;/q2*-1;+1. The summed E-state index contributed by atoms with van der Waals surface area (Å²) in [6.45, 7) is 13.7. The second kappa shape index (κ2) is 12.6. The average Bonchev–Trinajstić information content (AvgIpc) is 3.23. The third kappa shape index (κ3) is 7.72. The van der Waals surface area contributed by atoms with Crippen LogP contribution in [0.2, 0.25) is 0 Å². The first-order valence-electron chi connectivity index (χ1n) is 11.5. The van der Waals surface area contributed by atoms with Crippen LogP contribution in [-0.4, -0.2) is 59.3 Å². The third-order valence-corrected chi connectivity index (χ3v) is 7.12. The summed E-state index contributed by atoms with van der Waals surface area (Å²) in [5.41, 5.74) is 3.49. The SMILES string of the molecule is CCc1cc(C(=N)C(=[C-]Cl)C(=O)N2CCC3(CCN(CCC(C)(C)C)CC3)CC2)no1.[CH3-].[Li+]. The van der Waals surface area contributed by atoms with Crippen molar-refractivity contribution in [3.8, 4) is 0 Å². The van der Waals surface area contributed by atoms with Crippen molar-refractivity contribution in [2.75, 3.05) is 32.7 Å². The number of carbonyl (C=O) groups excluding carboxylic acids is 1. The molecule has 0 aliphatic carbocycles. The monoisotopic (exact) mass is 469 g/mol. The Morgan fingerprint density at radius 2 is 1.79 bits per heavy atom. The van der Waals surface area contributed by atoms with Gasteiger partial charge < -0.3 is 32.0 Å². The molecule has 2 fully saturated rings. The Morgan fingerprint density at radius 1 is 1.21 bits per heavy atom. The van der Waals surface area contributed by atoms with Crippen LogP contribution in [0.4, 0.5) is 0 Å². The van der Waals surface area contributed by atoms with E-state index in [-0.39, 0.29) is 43.5 Å². The minimum atomic E-state index is -0.237. The normalized spacial score (nSPS) is 19.1. The number of hydrogen-bond acceptors (Lipinski definition) is 5. The third-order valence-electron chi connectivity index (χ3n) is 6.93. The summed E-state index contributed by atoms with van der Waals surface area (Å²) in [5, 5.41) is 12.3. The van der Waals surface area contributed by atoms with Crippen LogP contribution in [0.15, 0.2) is 16.2 Å². The number of nitrogens with zero attached hydrogens (tertiary/aromatic N) is 3. The maximum atomic E-state index is 13.1. The van der Waals surface area contributed by atoms with Crippen molar-refractivity contribution < 1.29 is 28.2 Å². The molecule has 6 nitrogen and oxygen atoms in total. The number of hydrogen-bond donors (Lipinski definition) is 1. The van der Waals surface area contributed by atoms with Gasteiger partial charge in [-0.2, -0.15) is 11.6 Å². The van der Waals surface area contributed by atoms with Gasteiger partial charge in [-0.15, -0.1) is 0 Å². The summed E-state index contributed by atoms with van der Waals surface area (Å²) in [5.74, 6) is 0.438. The molecule has 8 heteroatoms. The first-order valence-corrected chi connectivity index (χ1v) is 11.8. The quantitative estimate of drug-likeness (QED) is 0.300. The van der Waals surface area contributed by atoms with E-state index in [0.717, 1.165) is 25.9 Å². The van der Waals surface area contributed by atoms with Gasteiger partial charge >= 0.3 is 18.9 Å². The molecule has 0 aromatic carbocycles. The van der Waals surface area contributed by atoms with E-state index < -0.39 is 0 Å². The van der Waals surface area contributed by atoms with Gasteiger partial charge in [0.25, 0.3) is 0 Å². The van der Waals surface area contributed by atoms with Crippen LogP contribution in [-0.2, 0) is 11.2 Å². The van der Waals surface area contributed by atoms with Crippen molar-refractivity contribution in [3.05, 3.63) is 36.1 Å². The molecule has 33 heavy (non-hydrogen) atoms. The molecule has 3 heterocycles. The molecule has 0 bridgehead atoms. The van der Waals surface area contributed by atoms with Gasteiger partial charge in [0.1, 0.15) is 11.7 Å². The van der Waals surface area contributed by atoms with Crippen molar-refractivity contribution in [3.63, 3.8) is 0 Å². The Hall–Kier alpha value is -1.06. The van der Waals surface area contributed by atoms with Crippen LogP contribution >= 0.6 is 11.6 Å². The first kappa shape index (κ1) is 30.0. The molecule has 2 saturated heterocycles. The van der Waals surface area contributed by atoms with Gasteiger partial charge in [-0.1, -0.05) is 44.0 Å². The molecular weight excluding hydrogens is 431 g/mol. The van der Waals surface area contributed by atoms with Crippen molar-refractivity contribution in [2.45, 2.75) is 66.2 Å². The molecular formula is C25H39ClLiN4O2-. The number of aromatic nitrogens is 1. The number of nitrogens with one attached hydrogen (secondary N) is 1. The van der Waals surface area contributed by atoms with Gasteiger partial charge in [0.05, 0.1) is 5.69 Å². The number of amides is 1. The average molecular weight is 470 g/mol. The first-order chi connectivity index (χ1) is 14.7. The summed E-state index contributed by atoms with van der Waals surface area (Å²) in [6, 6.07) is 1.68. The van der Waals surface area contributed by atoms with E-state index in [1.165, 1.54) is 25.8 Å². The van der Waals surface area contributed by atoms with Gasteiger partial charge in [-0.25, -0.2) is 0 Å². The predicted molar refractivity (Wildman–Crippen MR) is 130 cm³/mol. The second-order valence-corrected chi connectivity index (χ2v) is 10.5. The number of likely N-dealkylation sites (tertiary alicyclic amines) is 2. The second-order valence-electron chi connectivity index (χ2n) is 10.3. The van der Waals surface area contributed by atoms with Gasteiger partial charge in [0.2, 0.25) is 0 Å². The van der Waals surface area contributed by atoms with E-state index >= 15 is 0 Å². The van der Waals surface area contributed by atoms with Gasteiger partial charge in [-0.3, -0.25) is 0 Å². The van der Waals surface area contributed by atoms with E-state index in [0.29, 0.717) is 41.8 Å². The zero-order valence-electron chi connectivity index (χ0n) is 21.4. The van der Waals surface area contributed by atoms with Crippen LogP contribution in [0.3, 0.4) is 0 Å². The zero-order chi connectivity index (χ0) is 22.6. The van der Waals surface area contributed by atoms with E-state index in [1.807, 2.05) is 11.8 Å². The van der Waals surface area contributed by atoms with Gasteiger partial charge in [0, 0.05) is 19.5 Å². The van der Waals surface area contributed by atoms with Gasteiger partial charge in [-0.05, 0) is 74.3 Å². The number of rotatable bonds is 6. The van der Waals surface area contributed by atoms with Crippen molar-refractivity contribution in [2.24, 2.45) is 10.8 Å². The van der Waals surface area contributed by atoms with Crippen molar-refractivity contribution in [1.82, 2.24) is 15.0 Å². The van der Waals surface area contributed by atoms with Crippen LogP contribution in [0.1, 0.15) is 71.3 Å². The summed E-state index contributed by atoms with van der Waals surface area (Å²) in [6.07, 6.45) is 6.34. The molecule has 1 spiro atoms. The molecule has 0 radical (unpaired) electrons. The van der Waals surface area contributed by atoms with E-state index in [2.05, 4.69) is 36.4 Å². The fraction of sp³-hybridized carbons (Fsp3) is 0.680. The van der Waals surface area contributed by atoms with Crippen molar-refractivity contribution >= 4 is 23.2 Å². The molecule has 2 aliphatic rings.